The maximum Gasteiger partial charge on any atom is 0.269 e. The van der Waals surface area contributed by atoms with Crippen LogP contribution in [-0.4, -0.2) is 19.7 Å². The number of aryl methyl sites for hydroxylation is 2. The Balaban J connectivity index is 1.61. The topological polar surface area (TPSA) is 73.8 Å². The molecular formula is C15H14N4O2S2. The van der Waals surface area contributed by atoms with Crippen molar-refractivity contribution >= 4 is 28.8 Å². The number of thioether (sulfide) groups is 1. The number of nitro benzene ring substituents is 1. The van der Waals surface area contributed by atoms with Crippen LogP contribution in [0, 0.1) is 10.1 Å². The minimum absolute atomic E-state index is 0.113. The Bertz CT molecular complexity index is 786. The first kappa shape index (κ1) is 15.7. The summed E-state index contributed by atoms with van der Waals surface area (Å²) in [6.45, 7) is 0.824. The van der Waals surface area contributed by atoms with E-state index in [4.69, 9.17) is 0 Å². The molecule has 0 fully saturated rings. The number of hydrogen-bond donors (Lipinski definition) is 0. The summed E-state index contributed by atoms with van der Waals surface area (Å²) < 4.78 is 2.02. The zero-order chi connectivity index (χ0) is 16.1. The van der Waals surface area contributed by atoms with Crippen LogP contribution in [0.5, 0.6) is 0 Å². The lowest BCUT2D eigenvalue weighted by atomic mass is 10.2. The highest BCUT2D eigenvalue weighted by Crippen LogP contribution is 2.23. The number of rotatable bonds is 7. The molecule has 0 saturated carbocycles. The average Bonchev–Trinajstić information content (AvgIpc) is 3.22. The van der Waals surface area contributed by atoms with E-state index < -0.39 is 0 Å². The van der Waals surface area contributed by atoms with E-state index in [1.807, 2.05) is 16.7 Å². The van der Waals surface area contributed by atoms with E-state index in [9.17, 15) is 10.1 Å². The third kappa shape index (κ3) is 4.17. The molecule has 2 heterocycles. The van der Waals surface area contributed by atoms with Crippen LogP contribution in [0.25, 0.3) is 0 Å². The van der Waals surface area contributed by atoms with Gasteiger partial charge in [0.15, 0.2) is 5.16 Å². The van der Waals surface area contributed by atoms with E-state index in [2.05, 4.69) is 21.6 Å². The van der Waals surface area contributed by atoms with Gasteiger partial charge in [-0.1, -0.05) is 30.0 Å². The molecule has 0 aliphatic rings. The van der Waals surface area contributed by atoms with Gasteiger partial charge in [-0.2, -0.15) is 0 Å². The Morgan fingerprint density at radius 2 is 2.22 bits per heavy atom. The lowest BCUT2D eigenvalue weighted by Crippen LogP contribution is -2.01. The number of non-ortho nitro benzene ring substituents is 1. The normalized spacial score (nSPS) is 10.8. The van der Waals surface area contributed by atoms with Gasteiger partial charge in [0.05, 0.1) is 4.92 Å². The summed E-state index contributed by atoms with van der Waals surface area (Å²) in [5.74, 6) is 0.624. The zero-order valence-electron chi connectivity index (χ0n) is 12.2. The van der Waals surface area contributed by atoms with Crippen LogP contribution >= 0.6 is 23.1 Å². The number of aromatic nitrogens is 3. The number of hydrogen-bond acceptors (Lipinski definition) is 6. The molecule has 0 unspecified atom stereocenters. The lowest BCUT2D eigenvalue weighted by Gasteiger charge is -2.05. The highest BCUT2D eigenvalue weighted by atomic mass is 32.2. The molecule has 3 aromatic rings. The zero-order valence-corrected chi connectivity index (χ0v) is 13.8. The third-order valence-electron chi connectivity index (χ3n) is 3.25. The average molecular weight is 346 g/mol. The van der Waals surface area contributed by atoms with Crippen molar-refractivity contribution in [2.24, 2.45) is 0 Å². The molecule has 1 aromatic carbocycles. The van der Waals surface area contributed by atoms with Crippen molar-refractivity contribution in [3.63, 3.8) is 0 Å². The number of thiophene rings is 1. The summed E-state index contributed by atoms with van der Waals surface area (Å²) in [7, 11) is 0. The van der Waals surface area contributed by atoms with Gasteiger partial charge in [0.25, 0.3) is 5.69 Å². The molecule has 0 radical (unpaired) electrons. The lowest BCUT2D eigenvalue weighted by molar-refractivity contribution is -0.384. The van der Waals surface area contributed by atoms with Gasteiger partial charge in [0, 0.05) is 29.3 Å². The molecule has 0 N–H and O–H groups in total. The van der Waals surface area contributed by atoms with Crippen LogP contribution in [0.2, 0.25) is 0 Å². The second-order valence-electron chi connectivity index (χ2n) is 4.85. The number of nitrogens with zero attached hydrogens (tertiary/aromatic N) is 4. The molecule has 8 heteroatoms. The molecule has 0 bridgehead atoms. The van der Waals surface area contributed by atoms with E-state index in [0.717, 1.165) is 23.7 Å². The van der Waals surface area contributed by atoms with Gasteiger partial charge in [-0.15, -0.1) is 21.5 Å². The van der Waals surface area contributed by atoms with Crippen LogP contribution in [0.15, 0.2) is 53.3 Å². The second kappa shape index (κ2) is 7.38. The summed E-state index contributed by atoms with van der Waals surface area (Å²) in [4.78, 5) is 11.8. The van der Waals surface area contributed by atoms with Crippen molar-refractivity contribution in [2.75, 3.05) is 0 Å². The highest BCUT2D eigenvalue weighted by molar-refractivity contribution is 7.98. The molecule has 0 aliphatic carbocycles. The van der Waals surface area contributed by atoms with Gasteiger partial charge < -0.3 is 4.57 Å². The highest BCUT2D eigenvalue weighted by Gasteiger charge is 2.09. The Morgan fingerprint density at radius 3 is 3.00 bits per heavy atom. The van der Waals surface area contributed by atoms with Crippen LogP contribution in [0.1, 0.15) is 10.4 Å². The Labute approximate surface area is 141 Å². The van der Waals surface area contributed by atoms with Crippen LogP contribution in [-0.2, 0) is 18.7 Å². The monoisotopic (exact) mass is 346 g/mol. The fraction of sp³-hybridized carbons (Fsp3) is 0.200. The predicted octanol–water partition coefficient (Wildman–Crippen LogP) is 3.78. The third-order valence-corrected chi connectivity index (χ3v) is 5.24. The Kier molecular flexibility index (Phi) is 5.04. The molecule has 0 amide bonds. The first-order valence-electron chi connectivity index (χ1n) is 6.99. The van der Waals surface area contributed by atoms with Crippen molar-refractivity contribution in [3.8, 4) is 0 Å². The number of nitro groups is 1. The maximum absolute atomic E-state index is 10.8. The van der Waals surface area contributed by atoms with E-state index in [0.29, 0.717) is 5.75 Å². The molecule has 6 nitrogen and oxygen atoms in total. The van der Waals surface area contributed by atoms with Crippen molar-refractivity contribution in [2.45, 2.75) is 23.9 Å². The van der Waals surface area contributed by atoms with Gasteiger partial charge in [0.2, 0.25) is 0 Å². The molecule has 3 rings (SSSR count). The van der Waals surface area contributed by atoms with E-state index in [1.54, 1.807) is 29.8 Å². The number of benzene rings is 1. The van der Waals surface area contributed by atoms with Gasteiger partial charge in [-0.05, 0) is 23.4 Å². The molecule has 0 saturated heterocycles. The fourth-order valence-corrected chi connectivity index (χ4v) is 3.69. The van der Waals surface area contributed by atoms with Gasteiger partial charge in [-0.25, -0.2) is 0 Å². The first-order valence-corrected chi connectivity index (χ1v) is 8.85. The second-order valence-corrected chi connectivity index (χ2v) is 6.83. The van der Waals surface area contributed by atoms with Crippen LogP contribution in [0.4, 0.5) is 5.69 Å². The smallest absolute Gasteiger partial charge is 0.269 e. The summed E-state index contributed by atoms with van der Waals surface area (Å²) in [5.41, 5.74) is 1.01. The molecule has 118 valence electrons. The quantitative estimate of drug-likeness (QED) is 0.370. The van der Waals surface area contributed by atoms with Gasteiger partial charge in [0.1, 0.15) is 6.33 Å². The molecule has 0 spiro atoms. The summed E-state index contributed by atoms with van der Waals surface area (Å²) in [6, 6.07) is 10.8. The van der Waals surface area contributed by atoms with Gasteiger partial charge in [-0.3, -0.25) is 10.1 Å². The minimum Gasteiger partial charge on any atom is -0.308 e. The maximum atomic E-state index is 10.8. The van der Waals surface area contributed by atoms with Crippen molar-refractivity contribution in [1.82, 2.24) is 14.8 Å². The van der Waals surface area contributed by atoms with E-state index >= 15 is 0 Å². The standard InChI is InChI=1S/C15H14N4O2S2/c20-19(21)13-4-1-3-12(9-13)10-23-15-17-16-11-18(15)7-6-14-5-2-8-22-14/h1-5,8-9,11H,6-7,10H2. The molecule has 23 heavy (non-hydrogen) atoms. The van der Waals surface area contributed by atoms with Crippen LogP contribution in [0.3, 0.4) is 0 Å². The SMILES string of the molecule is O=[N+]([O-])c1cccc(CSc2nncn2CCc2cccs2)c1. The largest absolute Gasteiger partial charge is 0.308 e. The Morgan fingerprint density at radius 1 is 1.30 bits per heavy atom. The Hall–Kier alpha value is -2.19. The van der Waals surface area contributed by atoms with E-state index in [1.165, 1.54) is 22.7 Å². The fourth-order valence-electron chi connectivity index (χ4n) is 2.10. The summed E-state index contributed by atoms with van der Waals surface area (Å²) >= 11 is 3.27. The van der Waals surface area contributed by atoms with Gasteiger partial charge >= 0.3 is 0 Å². The first-order chi connectivity index (χ1) is 11.2. The molecule has 0 aliphatic heterocycles. The molecule has 2 aromatic heterocycles. The van der Waals surface area contributed by atoms with Crippen molar-refractivity contribution < 1.29 is 4.92 Å². The summed E-state index contributed by atoms with van der Waals surface area (Å²) in [5, 5.41) is 21.8. The van der Waals surface area contributed by atoms with Crippen molar-refractivity contribution in [3.05, 3.63) is 68.7 Å². The van der Waals surface area contributed by atoms with E-state index in [-0.39, 0.29) is 10.6 Å². The molecule has 0 atom stereocenters. The molecular weight excluding hydrogens is 332 g/mol. The summed E-state index contributed by atoms with van der Waals surface area (Å²) in [6.07, 6.45) is 2.67. The van der Waals surface area contributed by atoms with Crippen LogP contribution < -0.4 is 0 Å². The predicted molar refractivity (Wildman–Crippen MR) is 90.7 cm³/mol. The minimum atomic E-state index is -0.377. The van der Waals surface area contributed by atoms with Crippen molar-refractivity contribution in [1.29, 1.82) is 0 Å².